The van der Waals surface area contributed by atoms with Gasteiger partial charge in [-0.05, 0) is 63.0 Å². The van der Waals surface area contributed by atoms with Crippen LogP contribution in [0.3, 0.4) is 0 Å². The van der Waals surface area contributed by atoms with Crippen molar-refractivity contribution in [3.05, 3.63) is 23.1 Å². The highest BCUT2D eigenvalue weighted by atomic mass is 32.2. The van der Waals surface area contributed by atoms with E-state index in [1.165, 1.54) is 52.1 Å². The van der Waals surface area contributed by atoms with Crippen LogP contribution in [0.5, 0.6) is 0 Å². The number of carbonyl (C=O) groups is 1. The summed E-state index contributed by atoms with van der Waals surface area (Å²) < 4.78 is 4.87. The second-order valence-corrected chi connectivity index (χ2v) is 8.92. The van der Waals surface area contributed by atoms with E-state index in [9.17, 15) is 4.79 Å². The zero-order valence-electron chi connectivity index (χ0n) is 16.8. The van der Waals surface area contributed by atoms with Gasteiger partial charge in [-0.15, -0.1) is 11.8 Å². The lowest BCUT2D eigenvalue weighted by molar-refractivity contribution is -0.151. The van der Waals surface area contributed by atoms with Crippen molar-refractivity contribution in [2.24, 2.45) is 11.3 Å². The van der Waals surface area contributed by atoms with Crippen molar-refractivity contribution < 1.29 is 9.53 Å². The SMILES string of the molecule is CCCCCCC=C[C@H]1CCC=C1SCCCCC(C)(C)C(=O)OC. The molecule has 144 valence electrons. The van der Waals surface area contributed by atoms with Crippen LogP contribution in [0.25, 0.3) is 0 Å². The lowest BCUT2D eigenvalue weighted by Gasteiger charge is -2.21. The molecular weight excluding hydrogens is 328 g/mol. The number of allylic oxidation sites excluding steroid dienone is 4. The van der Waals surface area contributed by atoms with Gasteiger partial charge in [0.05, 0.1) is 12.5 Å². The van der Waals surface area contributed by atoms with Gasteiger partial charge in [0.1, 0.15) is 0 Å². The van der Waals surface area contributed by atoms with Crippen LogP contribution in [0.2, 0.25) is 0 Å². The highest BCUT2D eigenvalue weighted by Crippen LogP contribution is 2.36. The first-order valence-electron chi connectivity index (χ1n) is 10.1. The summed E-state index contributed by atoms with van der Waals surface area (Å²) in [4.78, 5) is 13.3. The molecule has 0 bridgehead atoms. The van der Waals surface area contributed by atoms with Crippen LogP contribution < -0.4 is 0 Å². The molecule has 0 fully saturated rings. The second kappa shape index (κ2) is 12.6. The minimum absolute atomic E-state index is 0.0946. The molecule has 0 aromatic heterocycles. The fourth-order valence-electron chi connectivity index (χ4n) is 3.24. The van der Waals surface area contributed by atoms with Crippen LogP contribution in [0.1, 0.15) is 85.0 Å². The molecule has 0 unspecified atom stereocenters. The number of carbonyl (C=O) groups excluding carboxylic acids is 1. The standard InChI is InChI=1S/C22H38O2S/c1-5-6-7-8-9-10-14-19-15-13-16-20(19)25-18-12-11-17-22(2,3)21(23)24-4/h10,14,16,19H,5-9,11-13,15,17-18H2,1-4H3/t19-/m0/s1. The van der Waals surface area contributed by atoms with E-state index in [-0.39, 0.29) is 11.4 Å². The number of unbranched alkanes of at least 4 members (excludes halogenated alkanes) is 5. The van der Waals surface area contributed by atoms with Gasteiger partial charge in [-0.2, -0.15) is 0 Å². The van der Waals surface area contributed by atoms with Gasteiger partial charge in [0.2, 0.25) is 0 Å². The summed E-state index contributed by atoms with van der Waals surface area (Å²) in [7, 11) is 1.48. The lowest BCUT2D eigenvalue weighted by atomic mass is 9.87. The van der Waals surface area contributed by atoms with Crippen molar-refractivity contribution in [3.63, 3.8) is 0 Å². The van der Waals surface area contributed by atoms with Crippen molar-refractivity contribution in [2.75, 3.05) is 12.9 Å². The summed E-state index contributed by atoms with van der Waals surface area (Å²) in [5, 5.41) is 0. The maximum Gasteiger partial charge on any atom is 0.311 e. The minimum Gasteiger partial charge on any atom is -0.469 e. The quantitative estimate of drug-likeness (QED) is 0.201. The van der Waals surface area contributed by atoms with Crippen LogP contribution in [0, 0.1) is 11.3 Å². The average molecular weight is 367 g/mol. The predicted octanol–water partition coefficient (Wildman–Crippen LogP) is 6.91. The van der Waals surface area contributed by atoms with Gasteiger partial charge < -0.3 is 4.74 Å². The molecule has 2 nitrogen and oxygen atoms in total. The summed E-state index contributed by atoms with van der Waals surface area (Å²) in [5.41, 5.74) is -0.352. The molecule has 0 heterocycles. The van der Waals surface area contributed by atoms with E-state index < -0.39 is 0 Å². The molecule has 1 aliphatic carbocycles. The predicted molar refractivity (Wildman–Crippen MR) is 111 cm³/mol. The first-order valence-corrected chi connectivity index (χ1v) is 11.1. The maximum absolute atomic E-state index is 11.7. The Kier molecular flexibility index (Phi) is 11.3. The minimum atomic E-state index is -0.352. The fraction of sp³-hybridized carbons (Fsp3) is 0.773. The Labute approximate surface area is 159 Å². The molecule has 1 aliphatic rings. The summed E-state index contributed by atoms with van der Waals surface area (Å²) >= 11 is 2.02. The van der Waals surface area contributed by atoms with E-state index >= 15 is 0 Å². The van der Waals surface area contributed by atoms with Crippen LogP contribution in [-0.2, 0) is 9.53 Å². The van der Waals surface area contributed by atoms with E-state index in [1.807, 2.05) is 25.6 Å². The average Bonchev–Trinajstić information content (AvgIpc) is 3.04. The number of hydrogen-bond donors (Lipinski definition) is 0. The zero-order valence-corrected chi connectivity index (χ0v) is 17.6. The Bertz CT molecular complexity index is 437. The largest absolute Gasteiger partial charge is 0.469 e. The molecule has 3 heteroatoms. The van der Waals surface area contributed by atoms with E-state index in [2.05, 4.69) is 25.2 Å². The van der Waals surface area contributed by atoms with E-state index in [0.29, 0.717) is 5.92 Å². The number of hydrogen-bond acceptors (Lipinski definition) is 3. The molecule has 0 saturated carbocycles. The van der Waals surface area contributed by atoms with E-state index in [4.69, 9.17) is 4.74 Å². The Morgan fingerprint density at radius 3 is 2.80 bits per heavy atom. The third-order valence-corrected chi connectivity index (χ3v) is 6.28. The van der Waals surface area contributed by atoms with Crippen molar-refractivity contribution >= 4 is 17.7 Å². The monoisotopic (exact) mass is 366 g/mol. The second-order valence-electron chi connectivity index (χ2n) is 7.75. The molecule has 0 aromatic rings. The first kappa shape index (κ1) is 22.3. The lowest BCUT2D eigenvalue weighted by Crippen LogP contribution is -2.25. The van der Waals surface area contributed by atoms with Crippen molar-refractivity contribution in [3.8, 4) is 0 Å². The summed E-state index contributed by atoms with van der Waals surface area (Å²) in [5.74, 6) is 1.72. The van der Waals surface area contributed by atoms with Gasteiger partial charge in [-0.25, -0.2) is 0 Å². The highest BCUT2D eigenvalue weighted by molar-refractivity contribution is 8.03. The summed E-state index contributed by atoms with van der Waals surface area (Å²) in [6.07, 6.45) is 19.5. The molecule has 1 atom stereocenters. The topological polar surface area (TPSA) is 26.3 Å². The normalized spacial score (nSPS) is 17.9. The van der Waals surface area contributed by atoms with Crippen LogP contribution in [0.15, 0.2) is 23.1 Å². The molecule has 0 saturated heterocycles. The van der Waals surface area contributed by atoms with Crippen molar-refractivity contribution in [1.29, 1.82) is 0 Å². The van der Waals surface area contributed by atoms with Crippen LogP contribution >= 0.6 is 11.8 Å². The Balaban J connectivity index is 2.19. The Morgan fingerprint density at radius 2 is 2.08 bits per heavy atom. The van der Waals surface area contributed by atoms with Crippen molar-refractivity contribution in [2.45, 2.75) is 85.0 Å². The summed E-state index contributed by atoms with van der Waals surface area (Å²) in [6, 6.07) is 0. The molecule has 0 radical (unpaired) electrons. The third-order valence-electron chi connectivity index (χ3n) is 4.98. The number of rotatable bonds is 13. The van der Waals surface area contributed by atoms with E-state index in [1.54, 1.807) is 4.91 Å². The van der Waals surface area contributed by atoms with Gasteiger partial charge in [0.15, 0.2) is 0 Å². The van der Waals surface area contributed by atoms with Gasteiger partial charge >= 0.3 is 5.97 Å². The number of thioether (sulfide) groups is 1. The van der Waals surface area contributed by atoms with Gasteiger partial charge in [0, 0.05) is 5.92 Å². The van der Waals surface area contributed by atoms with Gasteiger partial charge in [0.25, 0.3) is 0 Å². The third kappa shape index (κ3) is 8.99. The Hall–Kier alpha value is -0.700. The van der Waals surface area contributed by atoms with Gasteiger partial charge in [-0.3, -0.25) is 4.79 Å². The molecule has 1 rings (SSSR count). The van der Waals surface area contributed by atoms with Gasteiger partial charge in [-0.1, -0.05) is 50.8 Å². The van der Waals surface area contributed by atoms with Crippen LogP contribution in [0.4, 0.5) is 0 Å². The maximum atomic E-state index is 11.7. The molecule has 0 aromatic carbocycles. The van der Waals surface area contributed by atoms with E-state index in [0.717, 1.165) is 25.0 Å². The number of ether oxygens (including phenoxy) is 1. The molecule has 0 aliphatic heterocycles. The first-order chi connectivity index (χ1) is 12.0. The smallest absolute Gasteiger partial charge is 0.311 e. The molecule has 0 spiro atoms. The Morgan fingerprint density at radius 1 is 1.28 bits per heavy atom. The molecular formula is C22H38O2S. The number of methoxy groups -OCH3 is 1. The highest BCUT2D eigenvalue weighted by Gasteiger charge is 2.27. The fourth-order valence-corrected chi connectivity index (χ4v) is 4.47. The molecule has 0 N–H and O–H groups in total. The molecule has 0 amide bonds. The summed E-state index contributed by atoms with van der Waals surface area (Å²) in [6.45, 7) is 6.22. The molecule has 25 heavy (non-hydrogen) atoms. The van der Waals surface area contributed by atoms with Crippen LogP contribution in [-0.4, -0.2) is 18.8 Å². The number of esters is 1. The van der Waals surface area contributed by atoms with Crippen molar-refractivity contribution in [1.82, 2.24) is 0 Å². The zero-order chi connectivity index (χ0) is 18.5.